The Labute approximate surface area is 171 Å². The Morgan fingerprint density at radius 2 is 1.55 bits per heavy atom. The molecule has 0 aromatic heterocycles. The van der Waals surface area contributed by atoms with Crippen LogP contribution in [0.25, 0.3) is 0 Å². The van der Waals surface area contributed by atoms with E-state index in [1.165, 1.54) is 5.56 Å². The Hall–Kier alpha value is -2.66. The van der Waals surface area contributed by atoms with Crippen LogP contribution in [0.2, 0.25) is 0 Å². The lowest BCUT2D eigenvalue weighted by Gasteiger charge is -2.34. The quantitative estimate of drug-likeness (QED) is 0.779. The minimum absolute atomic E-state index is 0.116. The van der Waals surface area contributed by atoms with Gasteiger partial charge in [0.2, 0.25) is 5.91 Å². The van der Waals surface area contributed by atoms with Crippen molar-refractivity contribution < 1.29 is 14.7 Å². The average molecular weight is 392 g/mol. The number of likely N-dealkylation sites (tertiary alicyclic amines) is 1. The third-order valence-electron chi connectivity index (χ3n) is 6.01. The van der Waals surface area contributed by atoms with E-state index >= 15 is 0 Å². The first-order chi connectivity index (χ1) is 14.1. The fourth-order valence-corrected chi connectivity index (χ4v) is 4.14. The van der Waals surface area contributed by atoms with Crippen LogP contribution in [0, 0.1) is 5.92 Å². The summed E-state index contributed by atoms with van der Waals surface area (Å²) >= 11 is 0. The molecular formula is C24H28N2O3. The van der Waals surface area contributed by atoms with E-state index in [0.29, 0.717) is 17.5 Å². The second-order valence-corrected chi connectivity index (χ2v) is 8.24. The summed E-state index contributed by atoms with van der Waals surface area (Å²) in [4.78, 5) is 28.7. The Kier molecular flexibility index (Phi) is 5.95. The fourth-order valence-electron chi connectivity index (χ4n) is 4.14. The fraction of sp³-hybridized carbons (Fsp3) is 0.417. The van der Waals surface area contributed by atoms with Crippen LogP contribution in [0.3, 0.4) is 0 Å². The standard InChI is InChI=1S/C24H28N2O3/c27-23(26(22-10-11-22)17-18-4-2-1-3-5-18)20-12-14-25(15-13-20)16-19-6-8-21(9-7-19)24(28)29/h1-9,20,22H,10-17H2,(H,28,29). The van der Waals surface area contributed by atoms with E-state index in [1.54, 1.807) is 12.1 Å². The van der Waals surface area contributed by atoms with E-state index < -0.39 is 5.97 Å². The van der Waals surface area contributed by atoms with E-state index in [9.17, 15) is 9.59 Å². The summed E-state index contributed by atoms with van der Waals surface area (Å²) in [5.74, 6) is -0.460. The van der Waals surface area contributed by atoms with Gasteiger partial charge in [-0.2, -0.15) is 0 Å². The number of carbonyl (C=O) groups excluding carboxylic acids is 1. The van der Waals surface area contributed by atoms with Crippen molar-refractivity contribution in [3.8, 4) is 0 Å². The van der Waals surface area contributed by atoms with Crippen molar-refractivity contribution in [1.29, 1.82) is 0 Å². The Bertz CT molecular complexity index is 838. The van der Waals surface area contributed by atoms with Crippen LogP contribution in [-0.2, 0) is 17.9 Å². The molecule has 29 heavy (non-hydrogen) atoms. The molecule has 1 N–H and O–H groups in total. The highest BCUT2D eigenvalue weighted by molar-refractivity contribution is 5.87. The summed E-state index contributed by atoms with van der Waals surface area (Å²) in [5, 5.41) is 9.01. The van der Waals surface area contributed by atoms with Gasteiger partial charge in [0.25, 0.3) is 0 Å². The molecule has 0 spiro atoms. The van der Waals surface area contributed by atoms with Gasteiger partial charge in [-0.25, -0.2) is 4.79 Å². The molecule has 0 unspecified atom stereocenters. The zero-order valence-corrected chi connectivity index (χ0v) is 16.7. The molecule has 1 aliphatic heterocycles. The van der Waals surface area contributed by atoms with Crippen molar-refractivity contribution in [1.82, 2.24) is 9.80 Å². The van der Waals surface area contributed by atoms with E-state index in [-0.39, 0.29) is 5.92 Å². The summed E-state index contributed by atoms with van der Waals surface area (Å²) < 4.78 is 0. The second-order valence-electron chi connectivity index (χ2n) is 8.24. The third kappa shape index (κ3) is 5.04. The van der Waals surface area contributed by atoms with Crippen LogP contribution in [-0.4, -0.2) is 45.9 Å². The molecule has 0 radical (unpaired) electrons. The smallest absolute Gasteiger partial charge is 0.335 e. The van der Waals surface area contributed by atoms with Crippen molar-refractivity contribution in [3.05, 3.63) is 71.3 Å². The first-order valence-corrected chi connectivity index (χ1v) is 10.5. The first-order valence-electron chi connectivity index (χ1n) is 10.5. The van der Waals surface area contributed by atoms with Crippen LogP contribution in [0.5, 0.6) is 0 Å². The molecule has 1 saturated heterocycles. The van der Waals surface area contributed by atoms with E-state index in [2.05, 4.69) is 21.9 Å². The van der Waals surface area contributed by atoms with Crippen LogP contribution in [0.1, 0.15) is 47.2 Å². The lowest BCUT2D eigenvalue weighted by atomic mass is 9.94. The van der Waals surface area contributed by atoms with Crippen molar-refractivity contribution in [2.45, 2.75) is 44.8 Å². The number of carboxylic acids is 1. The van der Waals surface area contributed by atoms with Crippen LogP contribution < -0.4 is 0 Å². The molecule has 1 heterocycles. The van der Waals surface area contributed by atoms with E-state index in [1.807, 2.05) is 30.3 Å². The molecular weight excluding hydrogens is 364 g/mol. The molecule has 2 fully saturated rings. The van der Waals surface area contributed by atoms with E-state index in [4.69, 9.17) is 5.11 Å². The molecule has 2 aromatic rings. The number of carboxylic acid groups (broad SMARTS) is 1. The number of benzene rings is 2. The number of rotatable bonds is 7. The lowest BCUT2D eigenvalue weighted by molar-refractivity contribution is -0.138. The lowest BCUT2D eigenvalue weighted by Crippen LogP contribution is -2.43. The van der Waals surface area contributed by atoms with Gasteiger partial charge >= 0.3 is 5.97 Å². The minimum Gasteiger partial charge on any atom is -0.478 e. The van der Waals surface area contributed by atoms with Crippen molar-refractivity contribution >= 4 is 11.9 Å². The van der Waals surface area contributed by atoms with Crippen LogP contribution in [0.15, 0.2) is 54.6 Å². The minimum atomic E-state index is -0.897. The number of hydrogen-bond acceptors (Lipinski definition) is 3. The molecule has 1 saturated carbocycles. The van der Waals surface area contributed by atoms with Crippen molar-refractivity contribution in [2.75, 3.05) is 13.1 Å². The highest BCUT2D eigenvalue weighted by Crippen LogP contribution is 2.32. The molecule has 5 heteroatoms. The normalized spacial score (nSPS) is 17.8. The van der Waals surface area contributed by atoms with Crippen LogP contribution >= 0.6 is 0 Å². The zero-order valence-electron chi connectivity index (χ0n) is 16.7. The summed E-state index contributed by atoms with van der Waals surface area (Å²) in [6, 6.07) is 17.8. The number of nitrogens with zero attached hydrogens (tertiary/aromatic N) is 2. The molecule has 0 atom stereocenters. The Morgan fingerprint density at radius 1 is 0.897 bits per heavy atom. The monoisotopic (exact) mass is 392 g/mol. The van der Waals surface area contributed by atoms with Gasteiger partial charge in [0, 0.05) is 25.0 Å². The Morgan fingerprint density at radius 3 is 2.14 bits per heavy atom. The number of piperidine rings is 1. The topological polar surface area (TPSA) is 60.9 Å². The molecule has 2 aromatic carbocycles. The zero-order chi connectivity index (χ0) is 20.2. The molecule has 5 nitrogen and oxygen atoms in total. The molecule has 152 valence electrons. The van der Waals surface area contributed by atoms with Gasteiger partial charge in [-0.05, 0) is 62.0 Å². The van der Waals surface area contributed by atoms with Gasteiger partial charge in [-0.15, -0.1) is 0 Å². The summed E-state index contributed by atoms with van der Waals surface area (Å²) in [7, 11) is 0. The molecule has 2 aliphatic rings. The SMILES string of the molecule is O=C(O)c1ccc(CN2CCC(C(=O)N(Cc3ccccc3)C3CC3)CC2)cc1. The summed E-state index contributed by atoms with van der Waals surface area (Å²) in [6.45, 7) is 3.33. The second kappa shape index (κ2) is 8.78. The maximum absolute atomic E-state index is 13.2. The van der Waals surface area contributed by atoms with E-state index in [0.717, 1.165) is 57.4 Å². The maximum Gasteiger partial charge on any atom is 0.335 e. The van der Waals surface area contributed by atoms with Gasteiger partial charge in [-0.1, -0.05) is 42.5 Å². The maximum atomic E-state index is 13.2. The van der Waals surface area contributed by atoms with Gasteiger partial charge in [0.1, 0.15) is 0 Å². The van der Waals surface area contributed by atoms with Crippen LogP contribution in [0.4, 0.5) is 0 Å². The van der Waals surface area contributed by atoms with Gasteiger partial charge in [-0.3, -0.25) is 9.69 Å². The Balaban J connectivity index is 1.31. The number of amides is 1. The molecule has 1 amide bonds. The largest absolute Gasteiger partial charge is 0.478 e. The average Bonchev–Trinajstić information content (AvgIpc) is 3.58. The predicted octanol–water partition coefficient (Wildman–Crippen LogP) is 3.79. The number of aromatic carboxylic acids is 1. The van der Waals surface area contributed by atoms with Crippen molar-refractivity contribution in [3.63, 3.8) is 0 Å². The summed E-state index contributed by atoms with van der Waals surface area (Å²) in [5.41, 5.74) is 2.63. The number of hydrogen-bond donors (Lipinski definition) is 1. The van der Waals surface area contributed by atoms with Gasteiger partial charge in [0.15, 0.2) is 0 Å². The summed E-state index contributed by atoms with van der Waals surface area (Å²) in [6.07, 6.45) is 4.04. The third-order valence-corrected chi connectivity index (χ3v) is 6.01. The highest BCUT2D eigenvalue weighted by Gasteiger charge is 2.36. The number of carbonyl (C=O) groups is 2. The molecule has 1 aliphatic carbocycles. The van der Waals surface area contributed by atoms with Gasteiger partial charge < -0.3 is 10.0 Å². The predicted molar refractivity (Wildman–Crippen MR) is 111 cm³/mol. The van der Waals surface area contributed by atoms with Crippen molar-refractivity contribution in [2.24, 2.45) is 5.92 Å². The molecule has 0 bridgehead atoms. The van der Waals surface area contributed by atoms with Gasteiger partial charge in [0.05, 0.1) is 5.56 Å². The highest BCUT2D eigenvalue weighted by atomic mass is 16.4. The molecule has 4 rings (SSSR count). The first kappa shape index (κ1) is 19.6.